The molecule has 1 saturated heterocycles. The normalized spacial score (nSPS) is 15.2. The number of morpholine rings is 1. The number of esters is 1. The highest BCUT2D eigenvalue weighted by Gasteiger charge is 2.28. The van der Waals surface area contributed by atoms with Gasteiger partial charge < -0.3 is 14.2 Å². The number of hydrogen-bond donors (Lipinski definition) is 0. The molecule has 1 fully saturated rings. The van der Waals surface area contributed by atoms with Crippen molar-refractivity contribution in [3.05, 3.63) is 58.6 Å². The summed E-state index contributed by atoms with van der Waals surface area (Å²) < 4.78 is 42.7. The van der Waals surface area contributed by atoms with Gasteiger partial charge in [-0.3, -0.25) is 0 Å². The van der Waals surface area contributed by atoms with Crippen LogP contribution in [0.25, 0.3) is 0 Å². The standard InChI is InChI=1S/C19H20ClNO6S/c1-25-18-7-6-16(28(23,24)21-8-10-26-11-9-21)12-17(18)19(22)27-13-14-2-4-15(20)5-3-14/h2-7,12H,8-11,13H2,1H3. The molecule has 28 heavy (non-hydrogen) atoms. The third kappa shape index (κ3) is 4.64. The summed E-state index contributed by atoms with van der Waals surface area (Å²) in [6.45, 7) is 1.24. The van der Waals surface area contributed by atoms with Gasteiger partial charge in [-0.25, -0.2) is 13.2 Å². The van der Waals surface area contributed by atoms with E-state index in [0.717, 1.165) is 5.56 Å². The Morgan fingerprint density at radius 2 is 1.82 bits per heavy atom. The molecule has 1 aliphatic rings. The van der Waals surface area contributed by atoms with Gasteiger partial charge in [-0.1, -0.05) is 23.7 Å². The van der Waals surface area contributed by atoms with Crippen molar-refractivity contribution >= 4 is 27.6 Å². The van der Waals surface area contributed by atoms with Crippen molar-refractivity contribution in [1.29, 1.82) is 0 Å². The third-order valence-corrected chi connectivity index (χ3v) is 6.43. The van der Waals surface area contributed by atoms with E-state index in [4.69, 9.17) is 25.8 Å². The predicted molar refractivity (Wildman–Crippen MR) is 103 cm³/mol. The van der Waals surface area contributed by atoms with Crippen molar-refractivity contribution in [2.24, 2.45) is 0 Å². The lowest BCUT2D eigenvalue weighted by atomic mass is 10.2. The van der Waals surface area contributed by atoms with Gasteiger partial charge in [0.05, 0.1) is 25.2 Å². The van der Waals surface area contributed by atoms with E-state index in [1.54, 1.807) is 24.3 Å². The van der Waals surface area contributed by atoms with Gasteiger partial charge in [0, 0.05) is 18.1 Å². The average Bonchev–Trinajstić information content (AvgIpc) is 2.73. The van der Waals surface area contributed by atoms with Crippen molar-refractivity contribution in [2.75, 3.05) is 33.4 Å². The highest BCUT2D eigenvalue weighted by Crippen LogP contribution is 2.26. The van der Waals surface area contributed by atoms with Gasteiger partial charge in [-0.15, -0.1) is 0 Å². The van der Waals surface area contributed by atoms with E-state index in [9.17, 15) is 13.2 Å². The molecule has 1 aliphatic heterocycles. The Hall–Kier alpha value is -2.13. The fourth-order valence-electron chi connectivity index (χ4n) is 2.75. The quantitative estimate of drug-likeness (QED) is 0.662. The first-order chi connectivity index (χ1) is 13.4. The van der Waals surface area contributed by atoms with Gasteiger partial charge >= 0.3 is 5.97 Å². The molecule has 0 aromatic heterocycles. The van der Waals surface area contributed by atoms with Crippen LogP contribution in [0.15, 0.2) is 47.4 Å². The molecule has 7 nitrogen and oxygen atoms in total. The number of carbonyl (C=O) groups excluding carboxylic acids is 1. The fourth-order valence-corrected chi connectivity index (χ4v) is 4.31. The van der Waals surface area contributed by atoms with Gasteiger partial charge in [-0.2, -0.15) is 4.31 Å². The molecule has 0 bridgehead atoms. The van der Waals surface area contributed by atoms with Crippen LogP contribution in [0.4, 0.5) is 0 Å². The summed E-state index contributed by atoms with van der Waals surface area (Å²) in [4.78, 5) is 12.6. The average molecular weight is 426 g/mol. The topological polar surface area (TPSA) is 82.1 Å². The zero-order chi connectivity index (χ0) is 20.1. The maximum Gasteiger partial charge on any atom is 0.342 e. The van der Waals surface area contributed by atoms with E-state index in [2.05, 4.69) is 0 Å². The summed E-state index contributed by atoms with van der Waals surface area (Å²) in [5, 5.41) is 0.581. The molecule has 3 rings (SSSR count). The molecule has 150 valence electrons. The van der Waals surface area contributed by atoms with E-state index in [1.807, 2.05) is 0 Å². The van der Waals surface area contributed by atoms with Crippen molar-refractivity contribution < 1.29 is 27.4 Å². The van der Waals surface area contributed by atoms with Crippen LogP contribution in [0, 0.1) is 0 Å². The minimum Gasteiger partial charge on any atom is -0.496 e. The highest BCUT2D eigenvalue weighted by atomic mass is 35.5. The lowest BCUT2D eigenvalue weighted by Gasteiger charge is -2.26. The van der Waals surface area contributed by atoms with Gasteiger partial charge in [0.15, 0.2) is 0 Å². The van der Waals surface area contributed by atoms with E-state index in [-0.39, 0.29) is 35.9 Å². The van der Waals surface area contributed by atoms with Crippen molar-refractivity contribution in [3.8, 4) is 5.75 Å². The summed E-state index contributed by atoms with van der Waals surface area (Å²) in [7, 11) is -2.34. The summed E-state index contributed by atoms with van der Waals surface area (Å²) in [5.74, 6) is -0.437. The fraction of sp³-hybridized carbons (Fsp3) is 0.316. The largest absolute Gasteiger partial charge is 0.496 e. The molecular weight excluding hydrogens is 406 g/mol. The Morgan fingerprint density at radius 3 is 2.46 bits per heavy atom. The van der Waals surface area contributed by atoms with Crippen LogP contribution in [0.2, 0.25) is 5.02 Å². The van der Waals surface area contributed by atoms with Crippen LogP contribution >= 0.6 is 11.6 Å². The molecule has 1 heterocycles. The third-order valence-electron chi connectivity index (χ3n) is 4.28. The van der Waals surface area contributed by atoms with Crippen LogP contribution < -0.4 is 4.74 Å². The van der Waals surface area contributed by atoms with E-state index in [0.29, 0.717) is 18.2 Å². The molecule has 9 heteroatoms. The number of methoxy groups -OCH3 is 1. The molecular formula is C19H20ClNO6S. The number of halogens is 1. The van der Waals surface area contributed by atoms with Crippen LogP contribution in [0.1, 0.15) is 15.9 Å². The molecule has 0 radical (unpaired) electrons. The molecule has 0 saturated carbocycles. The van der Waals surface area contributed by atoms with Crippen molar-refractivity contribution in [1.82, 2.24) is 4.31 Å². The number of ether oxygens (including phenoxy) is 3. The van der Waals surface area contributed by atoms with Gasteiger partial charge in [0.2, 0.25) is 10.0 Å². The van der Waals surface area contributed by atoms with Crippen molar-refractivity contribution in [3.63, 3.8) is 0 Å². The molecule has 0 unspecified atom stereocenters. The summed E-state index contributed by atoms with van der Waals surface area (Å²) in [6.07, 6.45) is 0. The first-order valence-corrected chi connectivity index (χ1v) is 10.4. The highest BCUT2D eigenvalue weighted by molar-refractivity contribution is 7.89. The summed E-state index contributed by atoms with van der Waals surface area (Å²) >= 11 is 5.84. The lowest BCUT2D eigenvalue weighted by Crippen LogP contribution is -2.40. The smallest absolute Gasteiger partial charge is 0.342 e. The maximum absolute atomic E-state index is 12.8. The van der Waals surface area contributed by atoms with E-state index < -0.39 is 16.0 Å². The van der Waals surface area contributed by atoms with Crippen LogP contribution in [-0.2, 0) is 26.1 Å². The monoisotopic (exact) mass is 425 g/mol. The second kappa shape index (κ2) is 8.91. The van der Waals surface area contributed by atoms with Crippen LogP contribution in [0.3, 0.4) is 0 Å². The molecule has 0 aliphatic carbocycles. The van der Waals surface area contributed by atoms with E-state index in [1.165, 1.54) is 29.6 Å². The summed E-state index contributed by atoms with van der Waals surface area (Å²) in [6, 6.07) is 11.0. The molecule has 0 atom stereocenters. The van der Waals surface area contributed by atoms with Crippen molar-refractivity contribution in [2.45, 2.75) is 11.5 Å². The number of carbonyl (C=O) groups is 1. The first-order valence-electron chi connectivity index (χ1n) is 8.59. The zero-order valence-corrected chi connectivity index (χ0v) is 16.8. The number of hydrogen-bond acceptors (Lipinski definition) is 6. The second-order valence-corrected chi connectivity index (χ2v) is 8.46. The minimum absolute atomic E-state index is 0.00800. The Kier molecular flexibility index (Phi) is 6.56. The molecule has 2 aromatic rings. The number of benzene rings is 2. The Labute approximate surface area is 168 Å². The van der Waals surface area contributed by atoms with Crippen LogP contribution in [0.5, 0.6) is 5.75 Å². The molecule has 0 N–H and O–H groups in total. The second-order valence-electron chi connectivity index (χ2n) is 6.08. The number of nitrogens with zero attached hydrogens (tertiary/aromatic N) is 1. The lowest BCUT2D eigenvalue weighted by molar-refractivity contribution is 0.0468. The summed E-state index contributed by atoms with van der Waals surface area (Å²) in [5.41, 5.74) is 0.805. The SMILES string of the molecule is COc1ccc(S(=O)(=O)N2CCOCC2)cc1C(=O)OCc1ccc(Cl)cc1. The molecule has 0 spiro atoms. The van der Waals surface area contributed by atoms with Gasteiger partial charge in [0.1, 0.15) is 17.9 Å². The van der Waals surface area contributed by atoms with Gasteiger partial charge in [-0.05, 0) is 35.9 Å². The molecule has 0 amide bonds. The zero-order valence-electron chi connectivity index (χ0n) is 15.3. The predicted octanol–water partition coefficient (Wildman–Crippen LogP) is 2.73. The Morgan fingerprint density at radius 1 is 1.14 bits per heavy atom. The maximum atomic E-state index is 12.8. The first kappa shape index (κ1) is 20.6. The van der Waals surface area contributed by atoms with E-state index >= 15 is 0 Å². The Balaban J connectivity index is 1.82. The van der Waals surface area contributed by atoms with Crippen LogP contribution in [-0.4, -0.2) is 52.1 Å². The minimum atomic E-state index is -3.74. The number of sulfonamides is 1. The molecule has 2 aromatic carbocycles. The Bertz CT molecular complexity index is 939. The van der Waals surface area contributed by atoms with Gasteiger partial charge in [0.25, 0.3) is 0 Å². The number of rotatable bonds is 6.